The van der Waals surface area contributed by atoms with Gasteiger partial charge in [-0.2, -0.15) is 13.2 Å². The average molecular weight is 453 g/mol. The van der Waals surface area contributed by atoms with Crippen molar-refractivity contribution in [3.63, 3.8) is 0 Å². The minimum absolute atomic E-state index is 0.0132. The number of anilines is 1. The van der Waals surface area contributed by atoms with Crippen LogP contribution in [0.25, 0.3) is 0 Å². The highest BCUT2D eigenvalue weighted by Crippen LogP contribution is 2.34. The van der Waals surface area contributed by atoms with Crippen LogP contribution in [-0.4, -0.2) is 22.4 Å². The molecule has 1 heterocycles. The first-order valence-electron chi connectivity index (χ1n) is 9.78. The van der Waals surface area contributed by atoms with E-state index in [1.807, 2.05) is 54.6 Å². The number of thioether (sulfide) groups is 1. The summed E-state index contributed by atoms with van der Waals surface area (Å²) in [5, 5.41) is 3.23. The Bertz CT molecular complexity index is 1190. The van der Waals surface area contributed by atoms with Crippen LogP contribution in [0.3, 0.4) is 0 Å². The number of carbonyl (C=O) groups excluding carboxylic acids is 1. The molecule has 0 fully saturated rings. The summed E-state index contributed by atoms with van der Waals surface area (Å²) in [5.41, 5.74) is 2.54. The number of para-hydroxylation sites is 2. The van der Waals surface area contributed by atoms with Gasteiger partial charge in [-0.15, -0.1) is 11.8 Å². The summed E-state index contributed by atoms with van der Waals surface area (Å²) < 4.78 is 38.7. The molecule has 1 aliphatic heterocycles. The standard InChI is InChI=1S/C24H18F3N3OS/c25-24(26,27)17-9-6-10-18(13-17)28-22(31)15-32-23-14-21(16-7-2-1-3-8-16)29-19-11-4-5-12-20(19)30-23/h1-13H,14-15H2,(H,28,31). The zero-order valence-electron chi connectivity index (χ0n) is 16.8. The minimum atomic E-state index is -4.47. The number of benzene rings is 3. The number of amides is 1. The number of halogens is 3. The van der Waals surface area contributed by atoms with Crippen molar-refractivity contribution in [2.75, 3.05) is 11.1 Å². The second-order valence-electron chi connectivity index (χ2n) is 7.01. The number of hydrogen-bond acceptors (Lipinski definition) is 4. The van der Waals surface area contributed by atoms with Crippen LogP contribution in [0, 0.1) is 0 Å². The molecule has 3 aromatic rings. The van der Waals surface area contributed by atoms with Crippen LogP contribution in [0.5, 0.6) is 0 Å². The lowest BCUT2D eigenvalue weighted by Crippen LogP contribution is -2.17. The van der Waals surface area contributed by atoms with Crippen molar-refractivity contribution in [2.24, 2.45) is 9.98 Å². The number of rotatable bonds is 4. The van der Waals surface area contributed by atoms with Crippen LogP contribution in [0.4, 0.5) is 30.2 Å². The van der Waals surface area contributed by atoms with Crippen molar-refractivity contribution in [2.45, 2.75) is 12.6 Å². The molecule has 32 heavy (non-hydrogen) atoms. The zero-order chi connectivity index (χ0) is 22.6. The monoisotopic (exact) mass is 453 g/mol. The SMILES string of the molecule is O=C(CSC1=Nc2ccccc2N=C(c2ccccc2)C1)Nc1cccc(C(F)(F)F)c1. The van der Waals surface area contributed by atoms with Gasteiger partial charge in [0.1, 0.15) is 0 Å². The molecular weight excluding hydrogens is 435 g/mol. The average Bonchev–Trinajstić information content (AvgIpc) is 2.97. The summed E-state index contributed by atoms with van der Waals surface area (Å²) in [4.78, 5) is 21.8. The molecule has 162 valence electrons. The van der Waals surface area contributed by atoms with Gasteiger partial charge in [-0.1, -0.05) is 48.5 Å². The Morgan fingerprint density at radius 3 is 2.31 bits per heavy atom. The van der Waals surface area contributed by atoms with Gasteiger partial charge in [0, 0.05) is 12.1 Å². The molecule has 1 aliphatic rings. The molecule has 0 aromatic heterocycles. The summed E-state index contributed by atoms with van der Waals surface area (Å²) >= 11 is 1.24. The Morgan fingerprint density at radius 2 is 1.59 bits per heavy atom. The van der Waals surface area contributed by atoms with Crippen molar-refractivity contribution in [3.05, 3.63) is 90.0 Å². The molecule has 0 radical (unpaired) electrons. The van der Waals surface area contributed by atoms with E-state index in [1.165, 1.54) is 23.9 Å². The number of nitrogens with zero attached hydrogens (tertiary/aromatic N) is 2. The van der Waals surface area contributed by atoms with Crippen molar-refractivity contribution >= 4 is 45.5 Å². The molecule has 4 nitrogen and oxygen atoms in total. The molecule has 0 aliphatic carbocycles. The van der Waals surface area contributed by atoms with Gasteiger partial charge in [0.15, 0.2) is 0 Å². The van der Waals surface area contributed by atoms with Crippen molar-refractivity contribution in [1.29, 1.82) is 0 Å². The molecule has 1 amide bonds. The summed E-state index contributed by atoms with van der Waals surface area (Å²) in [6, 6.07) is 21.8. The van der Waals surface area contributed by atoms with E-state index in [2.05, 4.69) is 10.3 Å². The van der Waals surface area contributed by atoms with Crippen LogP contribution in [-0.2, 0) is 11.0 Å². The summed E-state index contributed by atoms with van der Waals surface area (Å²) in [6.07, 6.45) is -4.02. The lowest BCUT2D eigenvalue weighted by atomic mass is 10.1. The highest BCUT2D eigenvalue weighted by molar-refractivity contribution is 8.14. The molecule has 0 atom stereocenters. The van der Waals surface area contributed by atoms with Gasteiger partial charge in [0.25, 0.3) is 0 Å². The van der Waals surface area contributed by atoms with Gasteiger partial charge < -0.3 is 5.32 Å². The number of hydrogen-bond donors (Lipinski definition) is 1. The molecule has 3 aromatic carbocycles. The zero-order valence-corrected chi connectivity index (χ0v) is 17.6. The number of nitrogens with one attached hydrogen (secondary N) is 1. The van der Waals surface area contributed by atoms with E-state index in [1.54, 1.807) is 0 Å². The fraction of sp³-hybridized carbons (Fsp3) is 0.125. The van der Waals surface area contributed by atoms with Crippen molar-refractivity contribution < 1.29 is 18.0 Å². The third-order valence-corrected chi connectivity index (χ3v) is 5.63. The molecule has 4 rings (SSSR count). The highest BCUT2D eigenvalue weighted by Gasteiger charge is 2.30. The summed E-state index contributed by atoms with van der Waals surface area (Å²) in [6.45, 7) is 0. The Morgan fingerprint density at radius 1 is 0.906 bits per heavy atom. The smallest absolute Gasteiger partial charge is 0.325 e. The van der Waals surface area contributed by atoms with Crippen LogP contribution in [0.15, 0.2) is 88.8 Å². The van der Waals surface area contributed by atoms with Crippen molar-refractivity contribution in [3.8, 4) is 0 Å². The second-order valence-corrected chi connectivity index (χ2v) is 8.06. The third-order valence-electron chi connectivity index (χ3n) is 4.65. The number of alkyl halides is 3. The normalized spacial score (nSPS) is 13.5. The van der Waals surface area contributed by atoms with Crippen LogP contribution >= 0.6 is 11.8 Å². The number of carbonyl (C=O) groups is 1. The van der Waals surface area contributed by atoms with Gasteiger partial charge in [-0.05, 0) is 35.9 Å². The van der Waals surface area contributed by atoms with Crippen LogP contribution < -0.4 is 5.32 Å². The van der Waals surface area contributed by atoms with E-state index in [9.17, 15) is 18.0 Å². The fourth-order valence-corrected chi connectivity index (χ4v) is 3.93. The molecule has 8 heteroatoms. The Balaban J connectivity index is 1.49. The first kappa shape index (κ1) is 21.8. The number of fused-ring (bicyclic) bond motifs is 1. The predicted molar refractivity (Wildman–Crippen MR) is 123 cm³/mol. The second kappa shape index (κ2) is 9.40. The first-order chi connectivity index (χ1) is 15.4. The Kier molecular flexibility index (Phi) is 6.41. The molecule has 1 N–H and O–H groups in total. The van der Waals surface area contributed by atoms with E-state index in [4.69, 9.17) is 4.99 Å². The topological polar surface area (TPSA) is 53.8 Å². The van der Waals surface area contributed by atoms with E-state index < -0.39 is 17.6 Å². The highest BCUT2D eigenvalue weighted by atomic mass is 32.2. The maximum Gasteiger partial charge on any atom is 0.416 e. The quantitative estimate of drug-likeness (QED) is 0.482. The molecule has 0 spiro atoms. The largest absolute Gasteiger partial charge is 0.416 e. The predicted octanol–water partition coefficient (Wildman–Crippen LogP) is 6.63. The number of aliphatic imine (C=N–C) groups is 2. The first-order valence-corrected chi connectivity index (χ1v) is 10.8. The van der Waals surface area contributed by atoms with Gasteiger partial charge in [0.2, 0.25) is 5.91 Å². The van der Waals surface area contributed by atoms with E-state index in [-0.39, 0.29) is 11.4 Å². The summed E-state index contributed by atoms with van der Waals surface area (Å²) in [5.74, 6) is -0.396. The van der Waals surface area contributed by atoms with E-state index in [0.29, 0.717) is 17.2 Å². The van der Waals surface area contributed by atoms with E-state index >= 15 is 0 Å². The Labute approximate surface area is 187 Å². The van der Waals surface area contributed by atoms with Gasteiger partial charge in [0.05, 0.1) is 33.4 Å². The minimum Gasteiger partial charge on any atom is -0.325 e. The van der Waals surface area contributed by atoms with Gasteiger partial charge in [-0.25, -0.2) is 4.99 Å². The van der Waals surface area contributed by atoms with Gasteiger partial charge >= 0.3 is 6.18 Å². The molecule has 0 unspecified atom stereocenters. The molecule has 0 saturated carbocycles. The lowest BCUT2D eigenvalue weighted by molar-refractivity contribution is -0.137. The third kappa shape index (κ3) is 5.45. The molecule has 0 bridgehead atoms. The molecular formula is C24H18F3N3OS. The maximum atomic E-state index is 12.9. The Hall–Kier alpha value is -3.39. The maximum absolute atomic E-state index is 12.9. The van der Waals surface area contributed by atoms with Gasteiger partial charge in [-0.3, -0.25) is 9.79 Å². The van der Waals surface area contributed by atoms with Crippen molar-refractivity contribution in [1.82, 2.24) is 0 Å². The lowest BCUT2D eigenvalue weighted by Gasteiger charge is -2.10. The van der Waals surface area contributed by atoms with Crippen LogP contribution in [0.1, 0.15) is 17.5 Å². The van der Waals surface area contributed by atoms with Crippen LogP contribution in [0.2, 0.25) is 0 Å². The molecule has 0 saturated heterocycles. The fourth-order valence-electron chi connectivity index (χ4n) is 3.15. The summed E-state index contributed by atoms with van der Waals surface area (Å²) in [7, 11) is 0. The van der Waals surface area contributed by atoms with E-state index in [0.717, 1.165) is 29.1 Å².